The van der Waals surface area contributed by atoms with E-state index in [-0.39, 0.29) is 27.4 Å². The van der Waals surface area contributed by atoms with E-state index in [0.717, 1.165) is 33.4 Å². The van der Waals surface area contributed by atoms with Crippen molar-refractivity contribution in [1.82, 2.24) is 0 Å². The molecule has 4 nitrogen and oxygen atoms in total. The van der Waals surface area contributed by atoms with Gasteiger partial charge in [0, 0.05) is 11.8 Å². The summed E-state index contributed by atoms with van der Waals surface area (Å²) in [6, 6.07) is 19.4. The number of nitriles is 1. The van der Waals surface area contributed by atoms with Crippen LogP contribution in [0.5, 0.6) is 5.75 Å². The predicted octanol–water partition coefficient (Wildman–Crippen LogP) is 9.59. The second kappa shape index (κ2) is 12.2. The van der Waals surface area contributed by atoms with Crippen LogP contribution in [0.15, 0.2) is 59.6 Å². The van der Waals surface area contributed by atoms with E-state index in [2.05, 4.69) is 126 Å². The van der Waals surface area contributed by atoms with Gasteiger partial charge >= 0.3 is 0 Å². The monoisotopic (exact) mass is 594 g/mol. The lowest BCUT2D eigenvalue weighted by Gasteiger charge is -2.39. The first-order valence-corrected chi connectivity index (χ1v) is 15.8. The van der Waals surface area contributed by atoms with Crippen LogP contribution >= 0.6 is 0 Å². The molecule has 1 unspecified atom stereocenters. The van der Waals surface area contributed by atoms with Gasteiger partial charge in [0.2, 0.25) is 0 Å². The summed E-state index contributed by atoms with van der Waals surface area (Å²) in [5.41, 5.74) is 5.04. The van der Waals surface area contributed by atoms with E-state index < -0.39 is 11.6 Å². The van der Waals surface area contributed by atoms with E-state index in [0.29, 0.717) is 17.5 Å². The minimum Gasteiger partial charge on any atom is -0.507 e. The normalized spacial score (nSPS) is 14.1. The summed E-state index contributed by atoms with van der Waals surface area (Å²) in [5.74, 6) is 0.0423. The summed E-state index contributed by atoms with van der Waals surface area (Å²) in [5, 5.41) is 33.4. The molecule has 3 rings (SSSR count). The first-order chi connectivity index (χ1) is 20.0. The molecule has 0 aliphatic carbocycles. The summed E-state index contributed by atoms with van der Waals surface area (Å²) in [6.45, 7) is 28.5. The zero-order valence-electron chi connectivity index (χ0n) is 29.3. The van der Waals surface area contributed by atoms with E-state index in [4.69, 9.17) is 4.99 Å². The number of rotatable bonds is 6. The first-order valence-electron chi connectivity index (χ1n) is 15.8. The highest BCUT2D eigenvalue weighted by Gasteiger charge is 2.42. The minimum absolute atomic E-state index is 0.0423. The van der Waals surface area contributed by atoms with Crippen molar-refractivity contribution >= 4 is 6.21 Å². The van der Waals surface area contributed by atoms with Gasteiger partial charge in [0.1, 0.15) is 11.4 Å². The summed E-state index contributed by atoms with van der Waals surface area (Å²) >= 11 is 0. The lowest BCUT2D eigenvalue weighted by atomic mass is 9.71. The summed E-state index contributed by atoms with van der Waals surface area (Å²) in [6.07, 6.45) is 2.15. The molecule has 1 atom stereocenters. The third kappa shape index (κ3) is 7.62. The summed E-state index contributed by atoms with van der Waals surface area (Å²) in [4.78, 5) is 5.00. The first kappa shape index (κ1) is 35.1. The second-order valence-electron chi connectivity index (χ2n) is 16.5. The molecule has 0 aromatic heterocycles. The van der Waals surface area contributed by atoms with Gasteiger partial charge in [-0.1, -0.05) is 126 Å². The van der Waals surface area contributed by atoms with Crippen LogP contribution in [0.1, 0.15) is 141 Å². The van der Waals surface area contributed by atoms with Crippen molar-refractivity contribution in [1.29, 1.82) is 5.26 Å². The number of hydrogen-bond donors (Lipinski definition) is 2. The average Bonchev–Trinajstić information content (AvgIpc) is 2.91. The molecule has 44 heavy (non-hydrogen) atoms. The van der Waals surface area contributed by atoms with Gasteiger partial charge < -0.3 is 10.2 Å². The third-order valence-corrected chi connectivity index (χ3v) is 8.63. The maximum atomic E-state index is 13.4. The molecule has 0 amide bonds. The molecule has 2 N–H and O–H groups in total. The Labute approximate surface area is 266 Å². The Hall–Kier alpha value is -3.42. The molecule has 0 heterocycles. The average molecular weight is 595 g/mol. The third-order valence-electron chi connectivity index (χ3n) is 8.63. The zero-order chi connectivity index (χ0) is 33.5. The molecule has 236 valence electrons. The van der Waals surface area contributed by atoms with Gasteiger partial charge in [-0.05, 0) is 79.7 Å². The molecule has 0 radical (unpaired) electrons. The van der Waals surface area contributed by atoms with Crippen molar-refractivity contribution in [2.24, 2.45) is 4.99 Å². The van der Waals surface area contributed by atoms with Crippen LogP contribution in [-0.2, 0) is 27.3 Å². The molecule has 0 saturated heterocycles. The van der Waals surface area contributed by atoms with E-state index >= 15 is 0 Å². The number of phenolic OH excluding ortho intramolecular Hbond substituents is 1. The van der Waals surface area contributed by atoms with Crippen LogP contribution in [0, 0.1) is 11.3 Å². The molecule has 0 aliphatic rings. The van der Waals surface area contributed by atoms with Gasteiger partial charge in [-0.25, -0.2) is 0 Å². The molecule has 0 spiro atoms. The topological polar surface area (TPSA) is 76.6 Å². The Balaban J connectivity index is 2.49. The van der Waals surface area contributed by atoms with Gasteiger partial charge in [0.05, 0.1) is 17.7 Å². The van der Waals surface area contributed by atoms with Crippen molar-refractivity contribution in [2.75, 3.05) is 0 Å². The maximum absolute atomic E-state index is 13.4. The van der Waals surface area contributed by atoms with E-state index in [1.165, 1.54) is 6.07 Å². The Morgan fingerprint density at radius 2 is 1.02 bits per heavy atom. The SMILES string of the molecule is CCC(N=Cc1cc(C#N)ccc1O)C(O)(c1cc(C(C)(C)C)cc(C(C)(C)C)c1)c1cc(C(C)(C)C)cc(C(C)(C)C)c1. The highest BCUT2D eigenvalue weighted by atomic mass is 16.3. The highest BCUT2D eigenvalue weighted by molar-refractivity contribution is 5.84. The van der Waals surface area contributed by atoms with Crippen LogP contribution in [0.3, 0.4) is 0 Å². The molecular weight excluding hydrogens is 540 g/mol. The number of aromatic hydroxyl groups is 1. The minimum atomic E-state index is -1.49. The molecule has 0 aliphatic heterocycles. The summed E-state index contributed by atoms with van der Waals surface area (Å²) in [7, 11) is 0. The Kier molecular flexibility index (Phi) is 9.70. The van der Waals surface area contributed by atoms with E-state index in [1.807, 2.05) is 6.92 Å². The largest absolute Gasteiger partial charge is 0.507 e. The molecule has 0 bridgehead atoms. The molecular formula is C40H54N2O2. The van der Waals surface area contributed by atoms with Crippen LogP contribution < -0.4 is 0 Å². The summed E-state index contributed by atoms with van der Waals surface area (Å²) < 4.78 is 0. The molecule has 3 aromatic carbocycles. The fraction of sp³-hybridized carbons (Fsp3) is 0.500. The predicted molar refractivity (Wildman–Crippen MR) is 185 cm³/mol. The van der Waals surface area contributed by atoms with Crippen LogP contribution in [0.25, 0.3) is 0 Å². The van der Waals surface area contributed by atoms with Gasteiger partial charge in [-0.2, -0.15) is 5.26 Å². The lowest BCUT2D eigenvalue weighted by molar-refractivity contribution is 0.0509. The number of nitrogens with zero attached hydrogens (tertiary/aromatic N) is 2. The van der Waals surface area contributed by atoms with Crippen molar-refractivity contribution < 1.29 is 10.2 Å². The van der Waals surface area contributed by atoms with E-state index in [9.17, 15) is 15.5 Å². The quantitative estimate of drug-likeness (QED) is 0.279. The molecule has 0 fully saturated rings. The van der Waals surface area contributed by atoms with Crippen molar-refractivity contribution in [3.05, 3.63) is 99.1 Å². The van der Waals surface area contributed by atoms with Crippen LogP contribution in [0.2, 0.25) is 0 Å². The number of aliphatic imine (C=N–C) groups is 1. The van der Waals surface area contributed by atoms with Crippen molar-refractivity contribution in [3.8, 4) is 11.8 Å². The number of phenols is 1. The fourth-order valence-corrected chi connectivity index (χ4v) is 5.39. The number of hydrogen-bond acceptors (Lipinski definition) is 4. The fourth-order valence-electron chi connectivity index (χ4n) is 5.39. The van der Waals surface area contributed by atoms with Gasteiger partial charge in [0.15, 0.2) is 0 Å². The van der Waals surface area contributed by atoms with Gasteiger partial charge in [0.25, 0.3) is 0 Å². The van der Waals surface area contributed by atoms with Crippen LogP contribution in [0.4, 0.5) is 0 Å². The zero-order valence-corrected chi connectivity index (χ0v) is 29.3. The van der Waals surface area contributed by atoms with Crippen molar-refractivity contribution in [2.45, 2.75) is 130 Å². The van der Waals surface area contributed by atoms with Crippen LogP contribution in [-0.4, -0.2) is 22.5 Å². The standard InChI is InChI=1S/C40H54N2O2/c1-14-35(42-25-27-17-26(24-41)15-16-34(27)43)40(44,32-20-28(36(2,3)4)18-29(21-32)37(5,6)7)33-22-30(38(8,9)10)19-31(23-33)39(11,12)13/h15-23,25,35,43-44H,14H2,1-13H3. The number of aliphatic hydroxyl groups is 1. The molecule has 4 heteroatoms. The Bertz CT molecular complexity index is 1420. The highest BCUT2D eigenvalue weighted by Crippen LogP contribution is 2.43. The molecule has 0 saturated carbocycles. The Morgan fingerprint density at radius 3 is 1.34 bits per heavy atom. The Morgan fingerprint density at radius 1 is 0.659 bits per heavy atom. The second-order valence-corrected chi connectivity index (χ2v) is 16.5. The smallest absolute Gasteiger partial charge is 0.137 e. The van der Waals surface area contributed by atoms with E-state index in [1.54, 1.807) is 18.3 Å². The lowest BCUT2D eigenvalue weighted by Crippen LogP contribution is -2.41. The molecule has 3 aromatic rings. The van der Waals surface area contributed by atoms with Gasteiger partial charge in [-0.15, -0.1) is 0 Å². The van der Waals surface area contributed by atoms with Gasteiger partial charge in [-0.3, -0.25) is 4.99 Å². The maximum Gasteiger partial charge on any atom is 0.137 e. The van der Waals surface area contributed by atoms with Crippen molar-refractivity contribution in [3.63, 3.8) is 0 Å². The number of benzene rings is 3.